The highest BCUT2D eigenvalue weighted by Gasteiger charge is 2.21. The van der Waals surface area contributed by atoms with Crippen molar-refractivity contribution in [2.45, 2.75) is 5.60 Å². The van der Waals surface area contributed by atoms with Gasteiger partial charge in [0.2, 0.25) is 0 Å². The average molecular weight is 158 g/mol. The molecule has 0 heterocycles. The zero-order valence-corrected chi connectivity index (χ0v) is 5.77. The summed E-state index contributed by atoms with van der Waals surface area (Å²) in [4.78, 5) is 0. The van der Waals surface area contributed by atoms with Gasteiger partial charge in [-0.1, -0.05) is 0 Å². The largest absolute Gasteiger partial charge is 0.393 e. The molecule has 0 saturated carbocycles. The lowest BCUT2D eigenvalue weighted by molar-refractivity contribution is -0.0471. The van der Waals surface area contributed by atoms with Gasteiger partial charge in [0.05, 0.1) is 13.2 Å². The Labute approximate surface area is 59.7 Å². The molecule has 0 aromatic carbocycles. The highest BCUT2D eigenvalue weighted by molar-refractivity contribution is 5.85. The molecule has 0 radical (unpaired) electrons. The molecular weight excluding hydrogens is 146 g/mol. The van der Waals surface area contributed by atoms with E-state index in [1.165, 1.54) is 0 Å². The van der Waals surface area contributed by atoms with Crippen LogP contribution in [0.1, 0.15) is 0 Å². The maximum atomic E-state index is 8.81. The fourth-order valence-electron chi connectivity index (χ4n) is 0.179. The average Bonchev–Trinajstić information content (AvgIpc) is 1.87. The van der Waals surface area contributed by atoms with Crippen LogP contribution in [0.5, 0.6) is 0 Å². The summed E-state index contributed by atoms with van der Waals surface area (Å²) in [5.41, 5.74) is 3.47. The molecule has 0 aromatic rings. The van der Waals surface area contributed by atoms with E-state index in [0.717, 1.165) is 0 Å². The Morgan fingerprint density at radius 3 is 1.56 bits per heavy atom. The second-order valence-corrected chi connectivity index (χ2v) is 1.74. The smallest absolute Gasteiger partial charge is 0.123 e. The van der Waals surface area contributed by atoms with Gasteiger partial charge in [-0.3, -0.25) is 0 Å². The molecule has 0 aliphatic rings. The van der Waals surface area contributed by atoms with Gasteiger partial charge >= 0.3 is 0 Å². The van der Waals surface area contributed by atoms with E-state index in [9.17, 15) is 0 Å². The lowest BCUT2D eigenvalue weighted by Gasteiger charge is -2.19. The molecule has 0 fully saturated rings. The molecule has 5 N–H and O–H groups in total. The molecule has 0 aromatic heterocycles. The van der Waals surface area contributed by atoms with E-state index in [-0.39, 0.29) is 19.0 Å². The monoisotopic (exact) mass is 157 g/mol. The summed E-state index contributed by atoms with van der Waals surface area (Å²) in [7, 11) is 0. The van der Waals surface area contributed by atoms with Gasteiger partial charge in [0.25, 0.3) is 0 Å². The van der Waals surface area contributed by atoms with E-state index in [2.05, 4.69) is 0 Å². The molecule has 4 nitrogen and oxygen atoms in total. The summed E-state index contributed by atoms with van der Waals surface area (Å²) in [5.74, 6) is 0. The van der Waals surface area contributed by atoms with Gasteiger partial charge in [0, 0.05) is 6.54 Å². The van der Waals surface area contributed by atoms with Gasteiger partial charge in [0.1, 0.15) is 5.60 Å². The topological polar surface area (TPSA) is 86.7 Å². The second kappa shape index (κ2) is 4.96. The number of aliphatic hydroxyl groups excluding tert-OH is 2. The Bertz CT molecular complexity index is 58.6. The van der Waals surface area contributed by atoms with E-state index in [4.69, 9.17) is 21.1 Å². The summed E-state index contributed by atoms with van der Waals surface area (Å²) in [6, 6.07) is 0. The lowest BCUT2D eigenvalue weighted by Crippen LogP contribution is -2.44. The Morgan fingerprint density at radius 1 is 1.22 bits per heavy atom. The van der Waals surface area contributed by atoms with Gasteiger partial charge in [-0.15, -0.1) is 12.4 Å². The highest BCUT2D eigenvalue weighted by atomic mass is 35.5. The minimum Gasteiger partial charge on any atom is -0.393 e. The van der Waals surface area contributed by atoms with Crippen LogP contribution in [0.25, 0.3) is 0 Å². The normalized spacial score (nSPS) is 10.7. The van der Waals surface area contributed by atoms with E-state index < -0.39 is 18.8 Å². The summed E-state index contributed by atoms with van der Waals surface area (Å²) in [6.07, 6.45) is 0. The Hall–Kier alpha value is 0.130. The van der Waals surface area contributed by atoms with Gasteiger partial charge in [-0.2, -0.15) is 0 Å². The van der Waals surface area contributed by atoms with E-state index in [1.807, 2.05) is 0 Å². The summed E-state index contributed by atoms with van der Waals surface area (Å²) in [6.45, 7) is -1.12. The first kappa shape index (κ1) is 11.9. The Morgan fingerprint density at radius 2 is 1.56 bits per heavy atom. The van der Waals surface area contributed by atoms with Crippen LogP contribution >= 0.6 is 12.4 Å². The van der Waals surface area contributed by atoms with Crippen molar-refractivity contribution >= 4 is 12.4 Å². The fourth-order valence-corrected chi connectivity index (χ4v) is 0.179. The van der Waals surface area contributed by atoms with Crippen LogP contribution in [0, 0.1) is 0 Å². The van der Waals surface area contributed by atoms with Crippen LogP contribution in [0.3, 0.4) is 0 Å². The van der Waals surface area contributed by atoms with Crippen molar-refractivity contribution in [3.05, 3.63) is 0 Å². The predicted molar refractivity (Wildman–Crippen MR) is 35.4 cm³/mol. The maximum absolute atomic E-state index is 8.81. The van der Waals surface area contributed by atoms with Gasteiger partial charge in [-0.05, 0) is 0 Å². The van der Waals surface area contributed by atoms with Gasteiger partial charge < -0.3 is 21.1 Å². The number of hydrogen-bond donors (Lipinski definition) is 4. The van der Waals surface area contributed by atoms with Crippen LogP contribution < -0.4 is 5.73 Å². The number of halogens is 1. The molecule has 0 rings (SSSR count). The van der Waals surface area contributed by atoms with Gasteiger partial charge in [-0.25, -0.2) is 0 Å². The molecule has 0 saturated heterocycles. The molecule has 0 aliphatic carbocycles. The predicted octanol–water partition coefficient (Wildman–Crippen LogP) is -1.92. The van der Waals surface area contributed by atoms with E-state index >= 15 is 0 Å². The zero-order valence-electron chi connectivity index (χ0n) is 4.95. The highest BCUT2D eigenvalue weighted by Crippen LogP contribution is 1.96. The second-order valence-electron chi connectivity index (χ2n) is 1.74. The number of rotatable bonds is 3. The number of nitrogens with two attached hydrogens (primary N) is 1. The van der Waals surface area contributed by atoms with Crippen molar-refractivity contribution in [3.63, 3.8) is 0 Å². The third-order valence-electron chi connectivity index (χ3n) is 0.969. The Balaban J connectivity index is 0. The first-order valence-corrected chi connectivity index (χ1v) is 2.32. The van der Waals surface area contributed by atoms with Crippen molar-refractivity contribution < 1.29 is 15.3 Å². The molecule has 0 bridgehead atoms. The third-order valence-corrected chi connectivity index (χ3v) is 0.969. The molecule has 0 spiro atoms. The minimum absolute atomic E-state index is 0. The summed E-state index contributed by atoms with van der Waals surface area (Å²) in [5, 5.41) is 25.4. The summed E-state index contributed by atoms with van der Waals surface area (Å²) >= 11 is 0. The first-order chi connectivity index (χ1) is 3.68. The van der Waals surface area contributed by atoms with Crippen LogP contribution in [-0.2, 0) is 0 Å². The molecular formula is C4H12ClNO3. The van der Waals surface area contributed by atoms with Crippen molar-refractivity contribution in [2.75, 3.05) is 19.8 Å². The van der Waals surface area contributed by atoms with Crippen LogP contribution in [0.4, 0.5) is 0 Å². The third kappa shape index (κ3) is 3.66. The van der Waals surface area contributed by atoms with Crippen molar-refractivity contribution in [3.8, 4) is 0 Å². The SMILES string of the molecule is Cl.NCC(O)(CO)CO. The van der Waals surface area contributed by atoms with Crippen LogP contribution in [-0.4, -0.2) is 40.7 Å². The molecule has 0 unspecified atom stereocenters. The number of aliphatic hydroxyl groups is 3. The minimum atomic E-state index is -1.49. The standard InChI is InChI=1S/C4H11NO3.ClH/c5-1-4(8,2-6)3-7;/h6-8H,1-3,5H2;1H. The van der Waals surface area contributed by atoms with Crippen molar-refractivity contribution in [1.82, 2.24) is 0 Å². The fraction of sp³-hybridized carbons (Fsp3) is 1.00. The molecule has 0 aliphatic heterocycles. The van der Waals surface area contributed by atoms with E-state index in [0.29, 0.717) is 0 Å². The zero-order chi connectivity index (χ0) is 6.62. The molecule has 0 amide bonds. The first-order valence-electron chi connectivity index (χ1n) is 2.32. The van der Waals surface area contributed by atoms with Crippen LogP contribution in [0.15, 0.2) is 0 Å². The quantitative estimate of drug-likeness (QED) is 0.385. The Kier molecular flexibility index (Phi) is 6.54. The molecule has 9 heavy (non-hydrogen) atoms. The number of hydrogen-bond acceptors (Lipinski definition) is 4. The van der Waals surface area contributed by atoms with Crippen molar-refractivity contribution in [1.29, 1.82) is 0 Å². The summed E-state index contributed by atoms with van der Waals surface area (Å²) < 4.78 is 0. The maximum Gasteiger partial charge on any atom is 0.123 e. The lowest BCUT2D eigenvalue weighted by atomic mass is 10.1. The van der Waals surface area contributed by atoms with Crippen molar-refractivity contribution in [2.24, 2.45) is 5.73 Å². The molecule has 0 atom stereocenters. The molecule has 58 valence electrons. The van der Waals surface area contributed by atoms with Gasteiger partial charge in [0.15, 0.2) is 0 Å². The van der Waals surface area contributed by atoms with E-state index in [1.54, 1.807) is 0 Å². The molecule has 5 heteroatoms. The van der Waals surface area contributed by atoms with Crippen LogP contribution in [0.2, 0.25) is 0 Å².